The molecule has 3 N–H and O–H groups in total. The van der Waals surface area contributed by atoms with E-state index in [0.717, 1.165) is 186 Å². The van der Waals surface area contributed by atoms with Crippen LogP contribution in [-0.4, -0.2) is 96.7 Å². The van der Waals surface area contributed by atoms with E-state index in [1.165, 1.54) is 19.3 Å². The van der Waals surface area contributed by atoms with Gasteiger partial charge in [-0.25, -0.2) is 9.13 Å². The van der Waals surface area contributed by atoms with Gasteiger partial charge < -0.3 is 33.8 Å². The summed E-state index contributed by atoms with van der Waals surface area (Å²) in [6.07, 6.45) is 85.5. The van der Waals surface area contributed by atoms with Crippen molar-refractivity contribution in [1.82, 2.24) is 0 Å². The fourth-order valence-corrected chi connectivity index (χ4v) is 11.2. The van der Waals surface area contributed by atoms with Crippen molar-refractivity contribution in [1.29, 1.82) is 0 Å². The molecule has 0 aliphatic carbocycles. The monoisotopic (exact) mass is 1470 g/mol. The van der Waals surface area contributed by atoms with Gasteiger partial charge in [-0.2, -0.15) is 0 Å². The Hall–Kier alpha value is -5.32. The van der Waals surface area contributed by atoms with E-state index >= 15 is 0 Å². The lowest BCUT2D eigenvalue weighted by Gasteiger charge is -2.21. The van der Waals surface area contributed by atoms with Crippen LogP contribution in [-0.2, 0) is 65.4 Å². The first-order chi connectivity index (χ1) is 49.7. The van der Waals surface area contributed by atoms with E-state index in [-0.39, 0.29) is 25.7 Å². The molecular formula is C83H136O17P2. The number of aliphatic hydroxyl groups is 1. The zero-order chi connectivity index (χ0) is 74.6. The number of rotatable bonds is 71. The Morgan fingerprint density at radius 1 is 0.294 bits per heavy atom. The normalized spacial score (nSPS) is 14.8. The number of aliphatic hydroxyl groups excluding tert-OH is 1. The topological polar surface area (TPSA) is 237 Å². The fraction of sp³-hybridized carbons (Fsp3) is 0.639. The number of phosphoric acid groups is 2. The highest BCUT2D eigenvalue weighted by atomic mass is 31.2. The number of phosphoric ester groups is 2. The average molecular weight is 1470 g/mol. The van der Waals surface area contributed by atoms with E-state index in [1.807, 2.05) is 18.2 Å². The molecule has 0 saturated carbocycles. The number of hydrogen-bond donors (Lipinski definition) is 3. The van der Waals surface area contributed by atoms with Crippen molar-refractivity contribution in [2.75, 3.05) is 39.6 Å². The van der Waals surface area contributed by atoms with Gasteiger partial charge in [0.25, 0.3) is 0 Å². The smallest absolute Gasteiger partial charge is 0.462 e. The number of unbranched alkanes of at least 4 members (excludes halogenated alkanes) is 20. The quantitative estimate of drug-likeness (QED) is 0.0169. The maximum absolute atomic E-state index is 13.1. The lowest BCUT2D eigenvalue weighted by atomic mass is 10.1. The van der Waals surface area contributed by atoms with E-state index in [4.69, 9.17) is 37.0 Å². The summed E-state index contributed by atoms with van der Waals surface area (Å²) >= 11 is 0. The van der Waals surface area contributed by atoms with Crippen molar-refractivity contribution in [3.63, 3.8) is 0 Å². The highest BCUT2D eigenvalue weighted by Gasteiger charge is 2.30. The first-order valence-electron chi connectivity index (χ1n) is 38.7. The standard InChI is InChI=1S/C83H136O17P2/c1-5-9-13-17-21-25-29-33-36-37-38-39-42-45-48-52-56-60-64-68-81(86)94-74-79(100-83(88)70-66-62-58-54-50-46-41-35-31-27-23-19-15-11-7-3)76-98-102(91,92)96-72-77(84)71-95-101(89,90)97-75-78(99-82(87)69-65-61-57-53-49-43-32-28-24-20-16-12-8-4)73-93-80(85)67-63-59-55-51-47-44-40-34-30-26-22-18-14-10-6-2/h10-11,14-16,20-23,25-28,32-36,38-41,47,51,59,63,77-79,84H,5-9,12-13,17-19,24,29-31,37,42-46,48-50,52-58,60-62,64-76H2,1-4H3,(H,89,90)(H,91,92)/b14-10-,15-11-,20-16-,25-21-,26-22-,27-23-,32-28-,36-33-,39-38-,40-34-,41-35-,51-47-,63-59-. The van der Waals surface area contributed by atoms with Crippen LogP contribution in [0.5, 0.6) is 0 Å². The zero-order valence-electron chi connectivity index (χ0n) is 63.2. The van der Waals surface area contributed by atoms with Crippen molar-refractivity contribution in [2.24, 2.45) is 0 Å². The van der Waals surface area contributed by atoms with Gasteiger partial charge in [-0.1, -0.05) is 269 Å². The Bertz CT molecular complexity index is 2550. The highest BCUT2D eigenvalue weighted by Crippen LogP contribution is 2.45. The molecule has 0 aromatic carbocycles. The Morgan fingerprint density at radius 2 is 0.569 bits per heavy atom. The van der Waals surface area contributed by atoms with Crippen LogP contribution in [0.15, 0.2) is 158 Å². The molecule has 0 aliphatic heterocycles. The number of carbonyl (C=O) groups is 4. The van der Waals surface area contributed by atoms with Crippen molar-refractivity contribution >= 4 is 39.5 Å². The van der Waals surface area contributed by atoms with E-state index < -0.39 is 97.5 Å². The van der Waals surface area contributed by atoms with Crippen LogP contribution < -0.4 is 0 Å². The molecule has 0 spiro atoms. The van der Waals surface area contributed by atoms with E-state index in [9.17, 15) is 43.2 Å². The third kappa shape index (κ3) is 73.0. The van der Waals surface area contributed by atoms with Crippen molar-refractivity contribution in [3.05, 3.63) is 158 Å². The third-order valence-electron chi connectivity index (χ3n) is 15.5. The molecule has 580 valence electrons. The number of ether oxygens (including phenoxy) is 4. The predicted octanol–water partition coefficient (Wildman–Crippen LogP) is 22.4. The molecule has 0 bridgehead atoms. The molecule has 0 aromatic heterocycles. The van der Waals surface area contributed by atoms with Crippen LogP contribution in [0.3, 0.4) is 0 Å². The summed E-state index contributed by atoms with van der Waals surface area (Å²) < 4.78 is 68.4. The van der Waals surface area contributed by atoms with E-state index in [1.54, 1.807) is 6.08 Å². The molecule has 17 nitrogen and oxygen atoms in total. The highest BCUT2D eigenvalue weighted by molar-refractivity contribution is 7.47. The Balaban J connectivity index is 5.45. The molecule has 102 heavy (non-hydrogen) atoms. The molecule has 0 rings (SSSR count). The van der Waals surface area contributed by atoms with Gasteiger partial charge >= 0.3 is 39.5 Å². The van der Waals surface area contributed by atoms with Gasteiger partial charge in [0.15, 0.2) is 12.2 Å². The van der Waals surface area contributed by atoms with Crippen molar-refractivity contribution in [3.8, 4) is 0 Å². The maximum atomic E-state index is 13.1. The van der Waals surface area contributed by atoms with Crippen LogP contribution in [0.2, 0.25) is 0 Å². The summed E-state index contributed by atoms with van der Waals surface area (Å²) in [5.74, 6) is -2.38. The largest absolute Gasteiger partial charge is 0.472 e. The van der Waals surface area contributed by atoms with E-state index in [2.05, 4.69) is 161 Å². The second-order valence-corrected chi connectivity index (χ2v) is 28.1. The zero-order valence-corrected chi connectivity index (χ0v) is 65.0. The van der Waals surface area contributed by atoms with Crippen LogP contribution in [0.25, 0.3) is 0 Å². The molecular weight excluding hydrogens is 1330 g/mol. The molecule has 19 heteroatoms. The SMILES string of the molecule is CC/C=C\C/C=C\C/C=C\C/C=C\C/C=C\CC(=O)OCC(COP(=O)(O)OCC(O)COP(=O)(O)OCC(COC(=O)CCCCCCCC/C=C\C/C=C\C/C=C\CCCCC)OC(=O)CCCCCCC/C=C\C/C=C\C/C=C\CC)OC(=O)CCCCCCC/C=C\C/C=C\CCC. The minimum Gasteiger partial charge on any atom is -0.462 e. The van der Waals surface area contributed by atoms with Gasteiger partial charge in [-0.15, -0.1) is 0 Å². The minimum absolute atomic E-state index is 0.0538. The summed E-state index contributed by atoms with van der Waals surface area (Å²) in [7, 11) is -10.0. The Kier molecular flexibility index (Phi) is 70.1. The first kappa shape index (κ1) is 96.7. The summed E-state index contributed by atoms with van der Waals surface area (Å²) in [6, 6.07) is 0. The Morgan fingerprint density at radius 3 is 0.912 bits per heavy atom. The first-order valence-corrected chi connectivity index (χ1v) is 41.7. The second kappa shape index (κ2) is 74.0. The van der Waals surface area contributed by atoms with E-state index in [0.29, 0.717) is 25.7 Å². The molecule has 0 heterocycles. The average Bonchev–Trinajstić information content (AvgIpc) is 0.909. The van der Waals surface area contributed by atoms with Gasteiger partial charge in [0.2, 0.25) is 0 Å². The summed E-state index contributed by atoms with van der Waals surface area (Å²) in [5, 5.41) is 10.6. The number of carbonyl (C=O) groups excluding carboxylic acids is 4. The third-order valence-corrected chi connectivity index (χ3v) is 17.4. The van der Waals surface area contributed by atoms with Crippen LogP contribution in [0, 0.1) is 0 Å². The number of hydrogen-bond acceptors (Lipinski definition) is 15. The molecule has 5 atom stereocenters. The lowest BCUT2D eigenvalue weighted by Crippen LogP contribution is -2.30. The molecule has 0 aromatic rings. The maximum Gasteiger partial charge on any atom is 0.472 e. The van der Waals surface area contributed by atoms with Crippen LogP contribution in [0.1, 0.15) is 285 Å². The molecule has 0 radical (unpaired) electrons. The number of allylic oxidation sites excluding steroid dienone is 25. The van der Waals surface area contributed by atoms with Gasteiger partial charge in [0.05, 0.1) is 32.8 Å². The summed E-state index contributed by atoms with van der Waals surface area (Å²) in [6.45, 7) is 4.37. The van der Waals surface area contributed by atoms with Gasteiger partial charge in [0.1, 0.15) is 19.3 Å². The second-order valence-electron chi connectivity index (χ2n) is 25.2. The summed E-state index contributed by atoms with van der Waals surface area (Å²) in [4.78, 5) is 72.9. The molecule has 0 fully saturated rings. The summed E-state index contributed by atoms with van der Waals surface area (Å²) in [5.41, 5.74) is 0. The van der Waals surface area contributed by atoms with Crippen LogP contribution >= 0.6 is 15.6 Å². The molecule has 0 aliphatic rings. The predicted molar refractivity (Wildman–Crippen MR) is 417 cm³/mol. The molecule has 0 saturated heterocycles. The van der Waals surface area contributed by atoms with Crippen molar-refractivity contribution < 1.29 is 80.2 Å². The Labute approximate surface area is 617 Å². The van der Waals surface area contributed by atoms with Crippen molar-refractivity contribution in [2.45, 2.75) is 303 Å². The molecule has 5 unspecified atom stereocenters. The minimum atomic E-state index is -5.00. The molecule has 0 amide bonds. The number of esters is 4. The van der Waals surface area contributed by atoms with Crippen LogP contribution in [0.4, 0.5) is 0 Å². The van der Waals surface area contributed by atoms with Gasteiger partial charge in [-0.05, 0) is 148 Å². The van der Waals surface area contributed by atoms with Gasteiger partial charge in [0, 0.05) is 19.3 Å². The fourth-order valence-electron chi connectivity index (χ4n) is 9.65. The lowest BCUT2D eigenvalue weighted by molar-refractivity contribution is -0.161. The van der Waals surface area contributed by atoms with Gasteiger partial charge in [-0.3, -0.25) is 37.3 Å².